The van der Waals surface area contributed by atoms with Gasteiger partial charge in [-0.2, -0.15) is 0 Å². The summed E-state index contributed by atoms with van der Waals surface area (Å²) in [5.74, 6) is -2.49. The van der Waals surface area contributed by atoms with E-state index in [1.807, 2.05) is 6.07 Å². The quantitative estimate of drug-likeness (QED) is 0.338. The van der Waals surface area contributed by atoms with E-state index in [1.165, 1.54) is 12.1 Å². The minimum Gasteiger partial charge on any atom is -0.481 e. The monoisotopic (exact) mass is 438 g/mol. The number of benzene rings is 2. The maximum atomic E-state index is 12.3. The zero-order chi connectivity index (χ0) is 23.3. The molecule has 1 heterocycles. The first-order valence-corrected chi connectivity index (χ1v) is 9.82. The summed E-state index contributed by atoms with van der Waals surface area (Å²) < 4.78 is 0. The van der Waals surface area contributed by atoms with E-state index in [0.717, 1.165) is 11.3 Å². The van der Waals surface area contributed by atoms with Crippen molar-refractivity contribution in [1.82, 2.24) is 15.3 Å². The summed E-state index contributed by atoms with van der Waals surface area (Å²) in [4.78, 5) is 53.2. The highest BCUT2D eigenvalue weighted by atomic mass is 16.4. The SMILES string of the molecule is Cc1nc2ccc(CNc3ccc(C(=O)N[C@@H](CCC(=O)O)C(=O)O)cc3)cc2c(=O)[nH]1. The van der Waals surface area contributed by atoms with E-state index in [-0.39, 0.29) is 24.0 Å². The normalized spacial score (nSPS) is 11.7. The molecule has 5 N–H and O–H groups in total. The van der Waals surface area contributed by atoms with Crippen LogP contribution < -0.4 is 16.2 Å². The number of amides is 1. The maximum Gasteiger partial charge on any atom is 0.326 e. The maximum absolute atomic E-state index is 12.3. The number of nitrogens with one attached hydrogen (secondary N) is 3. The van der Waals surface area contributed by atoms with Gasteiger partial charge >= 0.3 is 11.9 Å². The smallest absolute Gasteiger partial charge is 0.326 e. The van der Waals surface area contributed by atoms with Gasteiger partial charge in [0.2, 0.25) is 0 Å². The van der Waals surface area contributed by atoms with Crippen molar-refractivity contribution in [3.05, 3.63) is 69.8 Å². The zero-order valence-electron chi connectivity index (χ0n) is 17.2. The summed E-state index contributed by atoms with van der Waals surface area (Å²) in [7, 11) is 0. The van der Waals surface area contributed by atoms with Crippen LogP contribution >= 0.6 is 0 Å². The average Bonchev–Trinajstić information content (AvgIpc) is 2.75. The Balaban J connectivity index is 1.62. The Bertz CT molecular complexity index is 1220. The fourth-order valence-electron chi connectivity index (χ4n) is 3.12. The van der Waals surface area contributed by atoms with Crippen LogP contribution in [-0.2, 0) is 16.1 Å². The number of fused-ring (bicyclic) bond motifs is 1. The summed E-state index contributed by atoms with van der Waals surface area (Å²) in [6.45, 7) is 2.16. The molecular weight excluding hydrogens is 416 g/mol. The standard InChI is InChI=1S/C22H22N4O6/c1-12-24-17-7-2-13(10-16(17)21(30)25-12)11-23-15-5-3-14(4-6-15)20(29)26-18(22(31)32)8-9-19(27)28/h2-7,10,18,23H,8-9,11H2,1H3,(H,26,29)(H,27,28)(H,31,32)(H,24,25,30)/t18-/m0/s1. The lowest BCUT2D eigenvalue weighted by Crippen LogP contribution is -2.41. The Morgan fingerprint density at radius 3 is 2.47 bits per heavy atom. The lowest BCUT2D eigenvalue weighted by Gasteiger charge is -2.14. The van der Waals surface area contributed by atoms with Crippen LogP contribution in [0.4, 0.5) is 5.69 Å². The molecule has 0 saturated carbocycles. The van der Waals surface area contributed by atoms with E-state index >= 15 is 0 Å². The number of hydrogen-bond donors (Lipinski definition) is 5. The topological polar surface area (TPSA) is 161 Å². The van der Waals surface area contributed by atoms with Crippen molar-refractivity contribution >= 4 is 34.4 Å². The third-order valence-electron chi connectivity index (χ3n) is 4.78. The number of hydrogen-bond acceptors (Lipinski definition) is 6. The Kier molecular flexibility index (Phi) is 6.83. The predicted molar refractivity (Wildman–Crippen MR) is 117 cm³/mol. The third-order valence-corrected chi connectivity index (χ3v) is 4.78. The molecule has 3 aromatic rings. The van der Waals surface area contributed by atoms with Crippen molar-refractivity contribution in [3.8, 4) is 0 Å². The van der Waals surface area contributed by atoms with E-state index in [9.17, 15) is 19.2 Å². The van der Waals surface area contributed by atoms with E-state index in [1.54, 1.807) is 31.2 Å². The van der Waals surface area contributed by atoms with Gasteiger partial charge in [-0.3, -0.25) is 14.4 Å². The number of carboxylic acids is 2. The molecule has 32 heavy (non-hydrogen) atoms. The van der Waals surface area contributed by atoms with Gasteiger partial charge in [-0.15, -0.1) is 0 Å². The molecular formula is C22H22N4O6. The number of carbonyl (C=O) groups excluding carboxylic acids is 1. The van der Waals surface area contributed by atoms with Gasteiger partial charge in [0.15, 0.2) is 0 Å². The van der Waals surface area contributed by atoms with Crippen LogP contribution in [0, 0.1) is 6.92 Å². The molecule has 0 bridgehead atoms. The largest absolute Gasteiger partial charge is 0.481 e. The van der Waals surface area contributed by atoms with Crippen molar-refractivity contribution in [2.45, 2.75) is 32.4 Å². The second kappa shape index (κ2) is 9.73. The molecule has 3 rings (SSSR count). The highest BCUT2D eigenvalue weighted by Gasteiger charge is 2.21. The van der Waals surface area contributed by atoms with Gasteiger partial charge in [0, 0.05) is 24.2 Å². The minimum atomic E-state index is -1.29. The Morgan fingerprint density at radius 2 is 1.81 bits per heavy atom. The van der Waals surface area contributed by atoms with Gasteiger partial charge in [-0.05, 0) is 55.3 Å². The van der Waals surface area contributed by atoms with Crippen molar-refractivity contribution in [2.75, 3.05) is 5.32 Å². The number of aryl methyl sites for hydroxylation is 1. The van der Waals surface area contributed by atoms with Crippen LogP contribution in [0.5, 0.6) is 0 Å². The number of aromatic amines is 1. The molecule has 166 valence electrons. The number of aliphatic carboxylic acids is 2. The average molecular weight is 438 g/mol. The zero-order valence-corrected chi connectivity index (χ0v) is 17.2. The summed E-state index contributed by atoms with van der Waals surface area (Å²) in [6, 6.07) is 10.5. The molecule has 10 nitrogen and oxygen atoms in total. The first-order valence-electron chi connectivity index (χ1n) is 9.82. The second-order valence-electron chi connectivity index (χ2n) is 7.23. The van der Waals surface area contributed by atoms with E-state index in [0.29, 0.717) is 23.3 Å². The van der Waals surface area contributed by atoms with Crippen LogP contribution in [0.3, 0.4) is 0 Å². The van der Waals surface area contributed by atoms with Gasteiger partial charge in [0.25, 0.3) is 11.5 Å². The number of anilines is 1. The molecule has 0 aliphatic rings. The van der Waals surface area contributed by atoms with Crippen molar-refractivity contribution in [3.63, 3.8) is 0 Å². The minimum absolute atomic E-state index is 0.201. The van der Waals surface area contributed by atoms with Gasteiger partial charge < -0.3 is 25.8 Å². The van der Waals surface area contributed by atoms with E-state index in [4.69, 9.17) is 10.2 Å². The molecule has 0 aliphatic carbocycles. The fraction of sp³-hybridized carbons (Fsp3) is 0.227. The lowest BCUT2D eigenvalue weighted by atomic mass is 10.1. The molecule has 0 saturated heterocycles. The van der Waals surface area contributed by atoms with Gasteiger partial charge in [-0.25, -0.2) is 9.78 Å². The van der Waals surface area contributed by atoms with Crippen LogP contribution in [0.15, 0.2) is 47.3 Å². The molecule has 0 aliphatic heterocycles. The van der Waals surface area contributed by atoms with E-state index in [2.05, 4.69) is 20.6 Å². The molecule has 1 aromatic heterocycles. The molecule has 0 radical (unpaired) electrons. The van der Waals surface area contributed by atoms with E-state index < -0.39 is 23.9 Å². The van der Waals surface area contributed by atoms with Crippen LogP contribution in [0.25, 0.3) is 10.9 Å². The van der Waals surface area contributed by atoms with Gasteiger partial charge in [0.1, 0.15) is 11.9 Å². The Hall–Kier alpha value is -4.21. The molecule has 0 spiro atoms. The number of carboxylic acid groups (broad SMARTS) is 2. The van der Waals surface area contributed by atoms with Crippen molar-refractivity contribution < 1.29 is 24.6 Å². The number of carbonyl (C=O) groups is 3. The summed E-state index contributed by atoms with van der Waals surface area (Å²) >= 11 is 0. The molecule has 2 aromatic carbocycles. The van der Waals surface area contributed by atoms with Gasteiger partial charge in [-0.1, -0.05) is 6.07 Å². The summed E-state index contributed by atoms with van der Waals surface area (Å²) in [5.41, 5.74) is 2.26. The number of H-pyrrole nitrogens is 1. The first kappa shape index (κ1) is 22.5. The van der Waals surface area contributed by atoms with Crippen molar-refractivity contribution in [1.29, 1.82) is 0 Å². The fourth-order valence-corrected chi connectivity index (χ4v) is 3.12. The summed E-state index contributed by atoms with van der Waals surface area (Å²) in [6.07, 6.45) is -0.573. The van der Waals surface area contributed by atoms with Crippen LogP contribution in [0.2, 0.25) is 0 Å². The molecule has 1 amide bonds. The predicted octanol–water partition coefficient (Wildman–Crippen LogP) is 1.89. The Labute approximate surface area is 182 Å². The summed E-state index contributed by atoms with van der Waals surface area (Å²) in [5, 5.41) is 23.9. The highest BCUT2D eigenvalue weighted by molar-refractivity contribution is 5.97. The van der Waals surface area contributed by atoms with Crippen LogP contribution in [-0.4, -0.2) is 44.1 Å². The number of aromatic nitrogens is 2. The first-order chi connectivity index (χ1) is 15.2. The van der Waals surface area contributed by atoms with Gasteiger partial charge in [0.05, 0.1) is 10.9 Å². The molecule has 1 atom stereocenters. The third kappa shape index (κ3) is 5.69. The molecule has 10 heteroatoms. The molecule has 0 fully saturated rings. The number of nitrogens with zero attached hydrogens (tertiary/aromatic N) is 1. The Morgan fingerprint density at radius 1 is 1.09 bits per heavy atom. The van der Waals surface area contributed by atoms with Crippen LogP contribution in [0.1, 0.15) is 34.6 Å². The molecule has 0 unspecified atom stereocenters. The lowest BCUT2D eigenvalue weighted by molar-refractivity contribution is -0.140. The second-order valence-corrected chi connectivity index (χ2v) is 7.23. The number of rotatable bonds is 9. The highest BCUT2D eigenvalue weighted by Crippen LogP contribution is 2.14. The van der Waals surface area contributed by atoms with Crippen molar-refractivity contribution in [2.24, 2.45) is 0 Å².